The van der Waals surface area contributed by atoms with Gasteiger partial charge >= 0.3 is 0 Å². The number of anilines is 1. The predicted octanol–water partition coefficient (Wildman–Crippen LogP) is 5.48. The number of hydrogen-bond donors (Lipinski definition) is 1. The minimum absolute atomic E-state index is 0.0522. The van der Waals surface area contributed by atoms with E-state index in [-0.39, 0.29) is 5.91 Å². The first kappa shape index (κ1) is 17.2. The van der Waals surface area contributed by atoms with Crippen molar-refractivity contribution in [2.45, 2.75) is 11.3 Å². The molecule has 1 amide bonds. The first-order valence-electron chi connectivity index (χ1n) is 7.28. The van der Waals surface area contributed by atoms with Crippen LogP contribution in [0, 0.1) is 0 Å². The number of thioether (sulfide) groups is 1. The van der Waals surface area contributed by atoms with Gasteiger partial charge < -0.3 is 5.32 Å². The molecular formula is C18H15BrN2OS2. The molecule has 0 aliphatic heterocycles. The molecule has 3 aromatic rings. The third kappa shape index (κ3) is 4.47. The summed E-state index contributed by atoms with van der Waals surface area (Å²) in [5.74, 6) is -0.0522. The van der Waals surface area contributed by atoms with Gasteiger partial charge in [0.05, 0.1) is 12.1 Å². The van der Waals surface area contributed by atoms with Crippen LogP contribution in [0.4, 0.5) is 5.13 Å². The second-order valence-electron chi connectivity index (χ2n) is 5.12. The summed E-state index contributed by atoms with van der Waals surface area (Å²) in [7, 11) is 0. The van der Waals surface area contributed by atoms with E-state index in [4.69, 9.17) is 0 Å². The summed E-state index contributed by atoms with van der Waals surface area (Å²) in [5.41, 5.74) is 2.89. The molecule has 0 bridgehead atoms. The van der Waals surface area contributed by atoms with E-state index in [1.807, 2.05) is 60.2 Å². The van der Waals surface area contributed by atoms with Crippen LogP contribution in [-0.4, -0.2) is 17.1 Å². The molecule has 0 saturated heterocycles. The Hall–Kier alpha value is -1.63. The molecule has 122 valence electrons. The van der Waals surface area contributed by atoms with Crippen molar-refractivity contribution in [3.8, 4) is 11.3 Å². The van der Waals surface area contributed by atoms with Gasteiger partial charge in [0.2, 0.25) is 5.91 Å². The van der Waals surface area contributed by atoms with E-state index in [9.17, 15) is 4.79 Å². The largest absolute Gasteiger partial charge is 0.302 e. The average Bonchev–Trinajstić information content (AvgIpc) is 3.04. The lowest BCUT2D eigenvalue weighted by atomic mass is 10.1. The van der Waals surface area contributed by atoms with Gasteiger partial charge in [-0.1, -0.05) is 40.2 Å². The van der Waals surface area contributed by atoms with Gasteiger partial charge in [-0.3, -0.25) is 4.79 Å². The lowest BCUT2D eigenvalue weighted by Crippen LogP contribution is -2.14. The average molecular weight is 419 g/mol. The number of amides is 1. The van der Waals surface area contributed by atoms with Crippen LogP contribution in [0.15, 0.2) is 63.3 Å². The fourth-order valence-electron chi connectivity index (χ4n) is 2.18. The third-order valence-electron chi connectivity index (χ3n) is 3.41. The third-order valence-corrected chi connectivity index (χ3v) is 5.44. The Bertz CT molecular complexity index is 829. The predicted molar refractivity (Wildman–Crippen MR) is 106 cm³/mol. The maximum atomic E-state index is 12.2. The molecule has 0 aliphatic carbocycles. The summed E-state index contributed by atoms with van der Waals surface area (Å²) >= 11 is 6.54. The van der Waals surface area contributed by atoms with Gasteiger partial charge in [0, 0.05) is 20.3 Å². The summed E-state index contributed by atoms with van der Waals surface area (Å²) in [6.07, 6.45) is 2.38. The van der Waals surface area contributed by atoms with Crippen molar-refractivity contribution in [2.75, 3.05) is 11.6 Å². The number of halogens is 1. The first-order chi connectivity index (χ1) is 11.6. The number of nitrogens with zero attached hydrogens (tertiary/aromatic N) is 1. The van der Waals surface area contributed by atoms with E-state index in [1.165, 1.54) is 16.2 Å². The van der Waals surface area contributed by atoms with Gasteiger partial charge in [-0.2, -0.15) is 0 Å². The number of nitrogens with one attached hydrogen (secondary N) is 1. The number of carbonyl (C=O) groups is 1. The number of thiazole rings is 1. The maximum absolute atomic E-state index is 12.2. The van der Waals surface area contributed by atoms with Crippen molar-refractivity contribution in [2.24, 2.45) is 0 Å². The monoisotopic (exact) mass is 418 g/mol. The van der Waals surface area contributed by atoms with Crippen LogP contribution in [0.5, 0.6) is 0 Å². The van der Waals surface area contributed by atoms with Gasteiger partial charge in [0.25, 0.3) is 0 Å². The Balaban J connectivity index is 1.63. The highest BCUT2D eigenvalue weighted by molar-refractivity contribution is 9.10. The van der Waals surface area contributed by atoms with Gasteiger partial charge in [0.15, 0.2) is 5.13 Å². The number of aromatic nitrogens is 1. The molecule has 0 unspecified atom stereocenters. The molecule has 0 radical (unpaired) electrons. The van der Waals surface area contributed by atoms with Crippen LogP contribution >= 0.6 is 39.0 Å². The zero-order valence-electron chi connectivity index (χ0n) is 13.0. The number of benzene rings is 2. The Kier molecular flexibility index (Phi) is 5.71. The highest BCUT2D eigenvalue weighted by Gasteiger charge is 2.09. The van der Waals surface area contributed by atoms with Gasteiger partial charge in [-0.25, -0.2) is 4.98 Å². The Labute approximate surface area is 157 Å². The fourth-order valence-corrected chi connectivity index (χ4v) is 3.59. The van der Waals surface area contributed by atoms with Crippen molar-refractivity contribution in [3.63, 3.8) is 0 Å². The molecule has 3 nitrogen and oxygen atoms in total. The molecule has 0 atom stereocenters. The lowest BCUT2D eigenvalue weighted by molar-refractivity contribution is -0.115. The van der Waals surface area contributed by atoms with E-state index in [2.05, 4.69) is 26.2 Å². The van der Waals surface area contributed by atoms with E-state index in [1.54, 1.807) is 11.8 Å². The van der Waals surface area contributed by atoms with Gasteiger partial charge in [-0.05, 0) is 36.1 Å². The zero-order valence-corrected chi connectivity index (χ0v) is 16.2. The molecule has 1 aromatic heterocycles. The molecule has 0 saturated carbocycles. The van der Waals surface area contributed by atoms with Crippen LogP contribution in [0.25, 0.3) is 11.3 Å². The van der Waals surface area contributed by atoms with E-state index < -0.39 is 0 Å². The quantitative estimate of drug-likeness (QED) is 0.558. The minimum Gasteiger partial charge on any atom is -0.302 e. The summed E-state index contributed by atoms with van der Waals surface area (Å²) in [4.78, 5) is 17.9. The zero-order chi connectivity index (χ0) is 16.9. The van der Waals surface area contributed by atoms with E-state index in [0.717, 1.165) is 21.3 Å². The first-order valence-corrected chi connectivity index (χ1v) is 10.2. The molecule has 6 heteroatoms. The standard InChI is InChI=1S/C18H15BrN2OS2/c1-23-15-8-2-12(3-9-15)10-17(22)21-18-20-16(11-24-18)13-4-6-14(19)7-5-13/h2-9,11H,10H2,1H3,(H,20,21,22). The number of rotatable bonds is 5. The maximum Gasteiger partial charge on any atom is 0.230 e. The highest BCUT2D eigenvalue weighted by atomic mass is 79.9. The molecule has 3 rings (SSSR count). The number of hydrogen-bond acceptors (Lipinski definition) is 4. The summed E-state index contributed by atoms with van der Waals surface area (Å²) in [5, 5.41) is 5.45. The molecular weight excluding hydrogens is 404 g/mol. The minimum atomic E-state index is -0.0522. The van der Waals surface area contributed by atoms with Crippen molar-refractivity contribution in [3.05, 3.63) is 63.9 Å². The summed E-state index contributed by atoms with van der Waals surface area (Å²) < 4.78 is 1.03. The summed E-state index contributed by atoms with van der Waals surface area (Å²) in [6.45, 7) is 0. The smallest absolute Gasteiger partial charge is 0.230 e. The SMILES string of the molecule is CSc1ccc(CC(=O)Nc2nc(-c3ccc(Br)cc3)cs2)cc1. The second-order valence-corrected chi connectivity index (χ2v) is 7.77. The molecule has 2 aromatic carbocycles. The molecule has 0 spiro atoms. The van der Waals surface area contributed by atoms with Crippen LogP contribution in [0.2, 0.25) is 0 Å². The van der Waals surface area contributed by atoms with Gasteiger partial charge in [0.1, 0.15) is 0 Å². The molecule has 0 aliphatic rings. The summed E-state index contributed by atoms with van der Waals surface area (Å²) in [6, 6.07) is 16.0. The van der Waals surface area contributed by atoms with Crippen LogP contribution < -0.4 is 5.32 Å². The number of carbonyl (C=O) groups excluding carboxylic acids is 1. The van der Waals surface area contributed by atoms with Gasteiger partial charge in [-0.15, -0.1) is 23.1 Å². The van der Waals surface area contributed by atoms with Crippen LogP contribution in [-0.2, 0) is 11.2 Å². The Morgan fingerprint density at radius 1 is 1.17 bits per heavy atom. The van der Waals surface area contributed by atoms with Crippen molar-refractivity contribution in [1.82, 2.24) is 4.98 Å². The topological polar surface area (TPSA) is 42.0 Å². The molecule has 1 heterocycles. The molecule has 1 N–H and O–H groups in total. The van der Waals surface area contributed by atoms with E-state index >= 15 is 0 Å². The normalized spacial score (nSPS) is 10.6. The Morgan fingerprint density at radius 2 is 1.88 bits per heavy atom. The van der Waals surface area contributed by atoms with Crippen LogP contribution in [0.1, 0.15) is 5.56 Å². The van der Waals surface area contributed by atoms with Crippen molar-refractivity contribution >= 4 is 50.1 Å². The Morgan fingerprint density at radius 3 is 2.54 bits per heavy atom. The lowest BCUT2D eigenvalue weighted by Gasteiger charge is -2.03. The van der Waals surface area contributed by atoms with Crippen molar-refractivity contribution in [1.29, 1.82) is 0 Å². The second kappa shape index (κ2) is 7.96. The van der Waals surface area contributed by atoms with Crippen LogP contribution in [0.3, 0.4) is 0 Å². The van der Waals surface area contributed by atoms with E-state index in [0.29, 0.717) is 11.6 Å². The molecule has 24 heavy (non-hydrogen) atoms. The fraction of sp³-hybridized carbons (Fsp3) is 0.111. The van der Waals surface area contributed by atoms with Crippen molar-refractivity contribution < 1.29 is 4.79 Å². The highest BCUT2D eigenvalue weighted by Crippen LogP contribution is 2.26. The molecule has 0 fully saturated rings.